The molecule has 0 amide bonds. The van der Waals surface area contributed by atoms with Gasteiger partial charge in [0.15, 0.2) is 6.29 Å². The van der Waals surface area contributed by atoms with Crippen molar-refractivity contribution in [2.75, 3.05) is 7.11 Å². The zero-order chi connectivity index (χ0) is 11.7. The maximum absolute atomic E-state index is 10.2. The van der Waals surface area contributed by atoms with Crippen molar-refractivity contribution in [3.63, 3.8) is 0 Å². The highest BCUT2D eigenvalue weighted by Crippen LogP contribution is 2.45. The van der Waals surface area contributed by atoms with Crippen molar-refractivity contribution in [3.8, 4) is 0 Å². The predicted octanol–water partition coefficient (Wildman–Crippen LogP) is 0.906. The van der Waals surface area contributed by atoms with Crippen LogP contribution in [0.1, 0.15) is 32.6 Å². The minimum Gasteiger partial charge on any atom is -0.390 e. The van der Waals surface area contributed by atoms with E-state index in [9.17, 15) is 10.2 Å². The summed E-state index contributed by atoms with van der Waals surface area (Å²) in [7, 11) is 1.54. The summed E-state index contributed by atoms with van der Waals surface area (Å²) in [4.78, 5) is 0. The van der Waals surface area contributed by atoms with Crippen LogP contribution in [0.15, 0.2) is 0 Å². The Morgan fingerprint density at radius 3 is 2.44 bits per heavy atom. The molecule has 4 unspecified atom stereocenters. The van der Waals surface area contributed by atoms with E-state index in [1.165, 1.54) is 0 Å². The maximum atomic E-state index is 10.2. The molecule has 16 heavy (non-hydrogen) atoms. The fraction of sp³-hybridized carbons (Fsp3) is 1.00. The third-order valence-electron chi connectivity index (χ3n) is 3.73. The number of aliphatic hydroxyl groups excluding tert-OH is 2. The van der Waals surface area contributed by atoms with Crippen LogP contribution in [0.2, 0.25) is 0 Å². The summed E-state index contributed by atoms with van der Waals surface area (Å²) in [5.74, 6) is 0.376. The van der Waals surface area contributed by atoms with Gasteiger partial charge in [0.2, 0.25) is 0 Å². The zero-order valence-corrected chi connectivity index (χ0v) is 10.0. The molecule has 0 aromatic carbocycles. The highest BCUT2D eigenvalue weighted by molar-refractivity contribution is 4.96. The molecular weight excluding hydrogens is 208 g/mol. The molecule has 0 aromatic rings. The van der Waals surface area contributed by atoms with E-state index < -0.39 is 18.5 Å². The van der Waals surface area contributed by atoms with E-state index in [0.717, 1.165) is 25.7 Å². The summed E-state index contributed by atoms with van der Waals surface area (Å²) < 4.78 is 10.7. The number of methoxy groups -OCH3 is 1. The van der Waals surface area contributed by atoms with Crippen LogP contribution in [0, 0.1) is 11.8 Å². The van der Waals surface area contributed by atoms with Crippen molar-refractivity contribution < 1.29 is 19.7 Å². The lowest BCUT2D eigenvalue weighted by Gasteiger charge is -2.42. The number of aliphatic hydroxyl groups is 2. The SMILES string of the molecule is CCCC1OC(OC)[C@@H](O)C(C2CC2)C1O. The lowest BCUT2D eigenvalue weighted by Crippen LogP contribution is -2.55. The third kappa shape index (κ3) is 2.25. The molecule has 4 nitrogen and oxygen atoms in total. The Bertz CT molecular complexity index is 229. The first-order valence-corrected chi connectivity index (χ1v) is 6.23. The molecule has 4 heteroatoms. The van der Waals surface area contributed by atoms with Crippen molar-refractivity contribution in [1.29, 1.82) is 0 Å². The van der Waals surface area contributed by atoms with Crippen LogP contribution in [-0.4, -0.2) is 41.9 Å². The number of rotatable bonds is 4. The Labute approximate surface area is 96.6 Å². The normalized spacial score (nSPS) is 44.6. The van der Waals surface area contributed by atoms with Crippen LogP contribution in [0.5, 0.6) is 0 Å². The van der Waals surface area contributed by atoms with Crippen LogP contribution < -0.4 is 0 Å². The van der Waals surface area contributed by atoms with Gasteiger partial charge in [0, 0.05) is 13.0 Å². The molecule has 2 aliphatic rings. The number of ether oxygens (including phenoxy) is 2. The minimum atomic E-state index is -0.694. The Balaban J connectivity index is 2.07. The van der Waals surface area contributed by atoms with Crippen LogP contribution >= 0.6 is 0 Å². The summed E-state index contributed by atoms with van der Waals surface area (Å²) in [6.45, 7) is 2.06. The minimum absolute atomic E-state index is 0.0738. The van der Waals surface area contributed by atoms with E-state index in [4.69, 9.17) is 9.47 Å². The second-order valence-corrected chi connectivity index (χ2v) is 4.96. The molecule has 0 spiro atoms. The number of hydrogen-bond acceptors (Lipinski definition) is 4. The Morgan fingerprint density at radius 2 is 1.94 bits per heavy atom. The van der Waals surface area contributed by atoms with Crippen molar-refractivity contribution in [2.24, 2.45) is 11.8 Å². The van der Waals surface area contributed by atoms with Gasteiger partial charge in [-0.3, -0.25) is 0 Å². The molecule has 2 N–H and O–H groups in total. The van der Waals surface area contributed by atoms with Gasteiger partial charge in [0.1, 0.15) is 6.10 Å². The quantitative estimate of drug-likeness (QED) is 0.753. The van der Waals surface area contributed by atoms with Crippen molar-refractivity contribution >= 4 is 0 Å². The Hall–Kier alpha value is -0.160. The summed E-state index contributed by atoms with van der Waals surface area (Å²) in [6, 6.07) is 0. The van der Waals surface area contributed by atoms with Gasteiger partial charge in [0.05, 0.1) is 12.2 Å². The van der Waals surface area contributed by atoms with Gasteiger partial charge in [0.25, 0.3) is 0 Å². The monoisotopic (exact) mass is 230 g/mol. The Morgan fingerprint density at radius 1 is 1.25 bits per heavy atom. The van der Waals surface area contributed by atoms with Gasteiger partial charge in [-0.15, -0.1) is 0 Å². The van der Waals surface area contributed by atoms with E-state index in [-0.39, 0.29) is 12.0 Å². The third-order valence-corrected chi connectivity index (χ3v) is 3.73. The molecule has 5 atom stereocenters. The second-order valence-electron chi connectivity index (χ2n) is 4.96. The summed E-state index contributed by atoms with van der Waals surface area (Å²) >= 11 is 0. The fourth-order valence-electron chi connectivity index (χ4n) is 2.72. The molecule has 94 valence electrons. The van der Waals surface area contributed by atoms with Crippen LogP contribution in [0.25, 0.3) is 0 Å². The first-order valence-electron chi connectivity index (χ1n) is 6.23. The molecule has 1 heterocycles. The smallest absolute Gasteiger partial charge is 0.183 e. The highest BCUT2D eigenvalue weighted by Gasteiger charge is 2.50. The van der Waals surface area contributed by atoms with Crippen molar-refractivity contribution in [1.82, 2.24) is 0 Å². The van der Waals surface area contributed by atoms with E-state index in [1.807, 2.05) is 0 Å². The van der Waals surface area contributed by atoms with Crippen LogP contribution in [-0.2, 0) is 9.47 Å². The molecular formula is C12H22O4. The molecule has 1 aliphatic heterocycles. The van der Waals surface area contributed by atoms with Crippen LogP contribution in [0.3, 0.4) is 0 Å². The first kappa shape index (κ1) is 12.3. The summed E-state index contributed by atoms with van der Waals surface area (Å²) in [6.07, 6.45) is 1.98. The van der Waals surface area contributed by atoms with Crippen LogP contribution in [0.4, 0.5) is 0 Å². The van der Waals surface area contributed by atoms with Gasteiger partial charge in [-0.1, -0.05) is 13.3 Å². The van der Waals surface area contributed by atoms with Crippen molar-refractivity contribution in [3.05, 3.63) is 0 Å². The lowest BCUT2D eigenvalue weighted by molar-refractivity contribution is -0.281. The molecule has 1 aliphatic carbocycles. The van der Waals surface area contributed by atoms with Gasteiger partial charge >= 0.3 is 0 Å². The van der Waals surface area contributed by atoms with Gasteiger partial charge in [-0.2, -0.15) is 0 Å². The molecule has 2 rings (SSSR count). The highest BCUT2D eigenvalue weighted by atomic mass is 16.7. The summed E-state index contributed by atoms with van der Waals surface area (Å²) in [5.41, 5.74) is 0. The van der Waals surface area contributed by atoms with Gasteiger partial charge < -0.3 is 19.7 Å². The van der Waals surface area contributed by atoms with Crippen molar-refractivity contribution in [2.45, 2.75) is 57.2 Å². The molecule has 0 aromatic heterocycles. The van der Waals surface area contributed by atoms with E-state index in [1.54, 1.807) is 7.11 Å². The average molecular weight is 230 g/mol. The second kappa shape index (κ2) is 5.00. The fourth-order valence-corrected chi connectivity index (χ4v) is 2.72. The predicted molar refractivity (Wildman–Crippen MR) is 58.8 cm³/mol. The van der Waals surface area contributed by atoms with E-state index >= 15 is 0 Å². The Kier molecular flexibility index (Phi) is 3.85. The van der Waals surface area contributed by atoms with E-state index in [0.29, 0.717) is 5.92 Å². The van der Waals surface area contributed by atoms with Gasteiger partial charge in [-0.25, -0.2) is 0 Å². The number of hydrogen-bond donors (Lipinski definition) is 2. The molecule has 1 saturated heterocycles. The molecule has 0 radical (unpaired) electrons. The zero-order valence-electron chi connectivity index (χ0n) is 10.0. The average Bonchev–Trinajstić information content (AvgIpc) is 3.07. The first-order chi connectivity index (χ1) is 7.69. The lowest BCUT2D eigenvalue weighted by atomic mass is 9.84. The summed E-state index contributed by atoms with van der Waals surface area (Å²) in [5, 5.41) is 20.3. The standard InChI is InChI=1S/C12H22O4/c1-3-4-8-10(13)9(7-5-6-7)11(14)12(15-2)16-8/h7-14H,3-6H2,1-2H3/t8?,9?,10?,11-,12?/m0/s1. The maximum Gasteiger partial charge on any atom is 0.183 e. The molecule has 0 bridgehead atoms. The topological polar surface area (TPSA) is 58.9 Å². The molecule has 2 fully saturated rings. The van der Waals surface area contributed by atoms with E-state index in [2.05, 4.69) is 6.92 Å². The largest absolute Gasteiger partial charge is 0.390 e. The molecule has 1 saturated carbocycles. The van der Waals surface area contributed by atoms with Gasteiger partial charge in [-0.05, 0) is 25.2 Å².